The van der Waals surface area contributed by atoms with Gasteiger partial charge in [-0.15, -0.1) is 0 Å². The molecule has 1 rings (SSSR count). The number of hydrogen-bond acceptors (Lipinski definition) is 3. The van der Waals surface area contributed by atoms with Crippen molar-refractivity contribution in [1.82, 2.24) is 0 Å². The molecule has 154 valence electrons. The maximum atomic E-state index is 6.76. The second-order valence-electron chi connectivity index (χ2n) is 10.4. The summed E-state index contributed by atoms with van der Waals surface area (Å²) in [5.74, 6) is 1.74. The van der Waals surface area contributed by atoms with E-state index in [0.717, 1.165) is 30.0 Å². The van der Waals surface area contributed by atoms with Crippen LogP contribution in [0, 0.1) is 0 Å². The Balaban J connectivity index is 3.44. The molecule has 1 aromatic rings. The third kappa shape index (κ3) is 6.21. The lowest BCUT2D eigenvalue weighted by Gasteiger charge is -2.40. The molecule has 0 aliphatic heterocycles. The van der Waals surface area contributed by atoms with Crippen molar-refractivity contribution in [2.45, 2.75) is 91.2 Å². The summed E-state index contributed by atoms with van der Waals surface area (Å²) >= 11 is 0. The molecule has 0 heterocycles. The van der Waals surface area contributed by atoms with Crippen LogP contribution in [0.5, 0.6) is 11.5 Å². The number of nitrogens with zero attached hydrogens (tertiary/aromatic N) is 1. The Labute approximate surface area is 169 Å². The van der Waals surface area contributed by atoms with E-state index in [-0.39, 0.29) is 10.1 Å². The predicted molar refractivity (Wildman–Crippen MR) is 125 cm³/mol. The summed E-state index contributed by atoms with van der Waals surface area (Å²) in [7, 11) is -3.97. The Hall–Kier alpha value is -1.08. The van der Waals surface area contributed by atoms with E-state index >= 15 is 0 Å². The average Bonchev–Trinajstić information content (AvgIpc) is 2.47. The lowest BCUT2D eigenvalue weighted by Crippen LogP contribution is -2.46. The quantitative estimate of drug-likeness (QED) is 0.351. The van der Waals surface area contributed by atoms with Crippen LogP contribution >= 0.6 is 0 Å². The monoisotopic (exact) mass is 407 g/mol. The highest BCUT2D eigenvalue weighted by Gasteiger charge is 2.42. The van der Waals surface area contributed by atoms with Gasteiger partial charge in [0.2, 0.25) is 0 Å². The minimum absolute atomic E-state index is 0.120. The standard InChI is InChI=1S/C22H41NO2Si2/c1-12-16-23-17-18-14-13-15-19(24-26(8,9)21(2,3)4)20(18)25-27(10,11)22(5,6)7/h13-15,17H,12,16H2,1-11H3. The Bertz CT molecular complexity index is 653. The number of hydrogen-bond donors (Lipinski definition) is 0. The molecule has 0 aliphatic carbocycles. The van der Waals surface area contributed by atoms with Crippen LogP contribution in [0.1, 0.15) is 60.5 Å². The molecule has 0 atom stereocenters. The van der Waals surface area contributed by atoms with Gasteiger partial charge in [-0.1, -0.05) is 54.5 Å². The van der Waals surface area contributed by atoms with Crippen molar-refractivity contribution >= 4 is 22.8 Å². The van der Waals surface area contributed by atoms with Crippen molar-refractivity contribution < 1.29 is 8.85 Å². The second kappa shape index (κ2) is 8.52. The molecule has 0 radical (unpaired) electrons. The summed E-state index contributed by atoms with van der Waals surface area (Å²) in [6.45, 7) is 25.7. The molecule has 3 nitrogen and oxygen atoms in total. The SMILES string of the molecule is CCCN=Cc1cccc(O[Si](C)(C)C(C)(C)C)c1O[Si](C)(C)C(C)(C)C. The molecular weight excluding hydrogens is 366 g/mol. The maximum Gasteiger partial charge on any atom is 0.250 e. The van der Waals surface area contributed by atoms with Gasteiger partial charge in [0.05, 0.1) is 0 Å². The molecule has 0 amide bonds. The molecule has 0 aliphatic rings. The maximum absolute atomic E-state index is 6.76. The van der Waals surface area contributed by atoms with Crippen LogP contribution in [0.15, 0.2) is 23.2 Å². The Morgan fingerprint density at radius 3 is 1.89 bits per heavy atom. The lowest BCUT2D eigenvalue weighted by molar-refractivity contribution is 0.440. The minimum atomic E-state index is -2.00. The molecule has 0 bridgehead atoms. The van der Waals surface area contributed by atoms with Gasteiger partial charge >= 0.3 is 0 Å². The predicted octanol–water partition coefficient (Wildman–Crippen LogP) is 7.28. The Morgan fingerprint density at radius 2 is 1.41 bits per heavy atom. The van der Waals surface area contributed by atoms with E-state index in [1.165, 1.54) is 0 Å². The fourth-order valence-electron chi connectivity index (χ4n) is 1.95. The topological polar surface area (TPSA) is 30.8 Å². The van der Waals surface area contributed by atoms with Crippen molar-refractivity contribution in [2.24, 2.45) is 4.99 Å². The van der Waals surface area contributed by atoms with Crippen LogP contribution < -0.4 is 8.85 Å². The summed E-state index contributed by atoms with van der Waals surface area (Å²) < 4.78 is 13.4. The number of aliphatic imine (C=N–C) groups is 1. The van der Waals surface area contributed by atoms with E-state index in [4.69, 9.17) is 8.85 Å². The first kappa shape index (κ1) is 24.0. The van der Waals surface area contributed by atoms with Crippen molar-refractivity contribution in [2.75, 3.05) is 6.54 Å². The summed E-state index contributed by atoms with van der Waals surface area (Å²) in [6.07, 6.45) is 2.99. The van der Waals surface area contributed by atoms with Crippen LogP contribution in [0.2, 0.25) is 36.3 Å². The van der Waals surface area contributed by atoms with E-state index in [0.29, 0.717) is 0 Å². The Kier molecular flexibility index (Phi) is 7.56. The zero-order valence-corrected chi connectivity index (χ0v) is 21.5. The van der Waals surface area contributed by atoms with Crippen molar-refractivity contribution in [3.63, 3.8) is 0 Å². The van der Waals surface area contributed by atoms with Crippen LogP contribution in [-0.2, 0) is 0 Å². The van der Waals surface area contributed by atoms with Crippen LogP contribution in [-0.4, -0.2) is 29.4 Å². The van der Waals surface area contributed by atoms with Gasteiger partial charge in [0, 0.05) is 18.3 Å². The first-order valence-corrected chi connectivity index (χ1v) is 15.9. The van der Waals surface area contributed by atoms with Gasteiger partial charge in [-0.2, -0.15) is 0 Å². The summed E-state index contributed by atoms with van der Waals surface area (Å²) in [5, 5.41) is 0.252. The van der Waals surface area contributed by atoms with E-state index in [1.54, 1.807) is 0 Å². The zero-order chi connectivity index (χ0) is 21.1. The van der Waals surface area contributed by atoms with Crippen LogP contribution in [0.25, 0.3) is 0 Å². The van der Waals surface area contributed by atoms with Gasteiger partial charge in [-0.3, -0.25) is 4.99 Å². The normalized spacial score (nSPS) is 13.9. The minimum Gasteiger partial charge on any atom is -0.541 e. The average molecular weight is 408 g/mol. The van der Waals surface area contributed by atoms with Gasteiger partial charge in [-0.25, -0.2) is 0 Å². The van der Waals surface area contributed by atoms with Crippen LogP contribution in [0.3, 0.4) is 0 Å². The molecule has 0 N–H and O–H groups in total. The first-order chi connectivity index (χ1) is 12.1. The Morgan fingerprint density at radius 1 is 0.889 bits per heavy atom. The molecule has 0 unspecified atom stereocenters. The highest BCUT2D eigenvalue weighted by molar-refractivity contribution is 6.75. The van der Waals surface area contributed by atoms with E-state index in [2.05, 4.69) is 91.8 Å². The molecular formula is C22H41NO2Si2. The fourth-order valence-corrected chi connectivity index (χ4v) is 4.00. The molecule has 5 heteroatoms. The highest BCUT2D eigenvalue weighted by atomic mass is 28.4. The molecule has 0 saturated carbocycles. The largest absolute Gasteiger partial charge is 0.541 e. The molecule has 0 saturated heterocycles. The molecule has 0 fully saturated rings. The summed E-state index contributed by atoms with van der Waals surface area (Å²) in [5.41, 5.74) is 1.02. The van der Waals surface area contributed by atoms with Crippen molar-refractivity contribution in [1.29, 1.82) is 0 Å². The second-order valence-corrected chi connectivity index (χ2v) is 19.9. The summed E-state index contributed by atoms with van der Waals surface area (Å²) in [4.78, 5) is 4.57. The highest BCUT2D eigenvalue weighted by Crippen LogP contribution is 2.44. The molecule has 27 heavy (non-hydrogen) atoms. The first-order valence-electron chi connectivity index (χ1n) is 10.1. The lowest BCUT2D eigenvalue weighted by atomic mass is 10.2. The van der Waals surface area contributed by atoms with E-state index in [9.17, 15) is 0 Å². The smallest absolute Gasteiger partial charge is 0.250 e. The van der Waals surface area contributed by atoms with Gasteiger partial charge in [0.15, 0.2) is 5.75 Å². The number of benzene rings is 1. The molecule has 0 spiro atoms. The van der Waals surface area contributed by atoms with Crippen molar-refractivity contribution in [3.8, 4) is 11.5 Å². The van der Waals surface area contributed by atoms with Crippen LogP contribution in [0.4, 0.5) is 0 Å². The molecule has 0 aromatic heterocycles. The zero-order valence-electron chi connectivity index (χ0n) is 19.5. The van der Waals surface area contributed by atoms with Crippen molar-refractivity contribution in [3.05, 3.63) is 23.8 Å². The third-order valence-electron chi connectivity index (χ3n) is 5.93. The number of rotatable bonds is 7. The number of para-hydroxylation sites is 1. The van der Waals surface area contributed by atoms with Gasteiger partial charge < -0.3 is 8.85 Å². The van der Waals surface area contributed by atoms with Gasteiger partial charge in [0.1, 0.15) is 5.75 Å². The van der Waals surface area contributed by atoms with E-state index < -0.39 is 16.6 Å². The van der Waals surface area contributed by atoms with Gasteiger partial charge in [-0.05, 0) is 54.8 Å². The third-order valence-corrected chi connectivity index (χ3v) is 14.6. The van der Waals surface area contributed by atoms with Gasteiger partial charge in [0.25, 0.3) is 16.6 Å². The fraction of sp³-hybridized carbons (Fsp3) is 0.682. The molecule has 1 aromatic carbocycles. The summed E-state index contributed by atoms with van der Waals surface area (Å²) in [6, 6.07) is 6.19. The van der Waals surface area contributed by atoms with E-state index in [1.807, 2.05) is 12.3 Å².